The van der Waals surface area contributed by atoms with Gasteiger partial charge in [0.05, 0.1) is 5.02 Å². The fourth-order valence-corrected chi connectivity index (χ4v) is 3.18. The average Bonchev–Trinajstić information content (AvgIpc) is 2.96. The molecule has 1 aliphatic carbocycles. The van der Waals surface area contributed by atoms with Crippen molar-refractivity contribution in [2.75, 3.05) is 5.32 Å². The van der Waals surface area contributed by atoms with Crippen LogP contribution in [0.15, 0.2) is 42.7 Å². The molecule has 2 aromatic rings. The Kier molecular flexibility index (Phi) is 5.33. The van der Waals surface area contributed by atoms with Crippen molar-refractivity contribution in [3.05, 3.63) is 47.7 Å². The summed E-state index contributed by atoms with van der Waals surface area (Å²) in [5.41, 5.74) is 6.67. The fourth-order valence-electron chi connectivity index (χ4n) is 2.96. The molecule has 0 saturated heterocycles. The molecule has 0 radical (unpaired) electrons. The zero-order valence-electron chi connectivity index (χ0n) is 13.2. The van der Waals surface area contributed by atoms with E-state index in [1.54, 1.807) is 42.7 Å². The van der Waals surface area contributed by atoms with Crippen molar-refractivity contribution in [2.24, 2.45) is 11.7 Å². The number of benzene rings is 1. The van der Waals surface area contributed by atoms with Crippen molar-refractivity contribution in [2.45, 2.75) is 31.7 Å². The molecule has 3 rings (SSSR count). The number of carbonyl (C=O) groups excluding carboxylic acids is 1. The summed E-state index contributed by atoms with van der Waals surface area (Å²) in [4.78, 5) is 16.1. The first-order valence-corrected chi connectivity index (χ1v) is 8.42. The summed E-state index contributed by atoms with van der Waals surface area (Å²) < 4.78 is 5.69. The summed E-state index contributed by atoms with van der Waals surface area (Å²) in [6.45, 7) is 0. The van der Waals surface area contributed by atoms with Crippen molar-refractivity contribution in [3.8, 4) is 11.5 Å². The van der Waals surface area contributed by atoms with E-state index in [-0.39, 0.29) is 17.9 Å². The van der Waals surface area contributed by atoms with Gasteiger partial charge in [-0.05, 0) is 49.1 Å². The Morgan fingerprint density at radius 3 is 2.75 bits per heavy atom. The van der Waals surface area contributed by atoms with E-state index in [4.69, 9.17) is 22.1 Å². The van der Waals surface area contributed by atoms with E-state index in [2.05, 4.69) is 10.3 Å². The maximum atomic E-state index is 12.2. The van der Waals surface area contributed by atoms with E-state index in [9.17, 15) is 4.79 Å². The van der Waals surface area contributed by atoms with Crippen LogP contribution < -0.4 is 15.8 Å². The number of pyridine rings is 1. The molecule has 1 aromatic heterocycles. The normalized spacial score (nSPS) is 19.9. The van der Waals surface area contributed by atoms with Gasteiger partial charge in [-0.2, -0.15) is 0 Å². The van der Waals surface area contributed by atoms with E-state index in [0.29, 0.717) is 28.6 Å². The number of aromatic nitrogens is 1. The molecule has 0 spiro atoms. The van der Waals surface area contributed by atoms with Crippen LogP contribution in [0.1, 0.15) is 25.7 Å². The molecular formula is C18H20ClN3O2. The molecule has 2 atom stereocenters. The van der Waals surface area contributed by atoms with Gasteiger partial charge in [-0.3, -0.25) is 9.78 Å². The molecule has 1 heterocycles. The van der Waals surface area contributed by atoms with Crippen molar-refractivity contribution in [3.63, 3.8) is 0 Å². The summed E-state index contributed by atoms with van der Waals surface area (Å²) >= 11 is 6.24. The van der Waals surface area contributed by atoms with E-state index >= 15 is 0 Å². The quantitative estimate of drug-likeness (QED) is 0.859. The van der Waals surface area contributed by atoms with Crippen LogP contribution in [-0.4, -0.2) is 16.9 Å². The van der Waals surface area contributed by atoms with Crippen molar-refractivity contribution >= 4 is 23.2 Å². The molecule has 1 fully saturated rings. The van der Waals surface area contributed by atoms with Crippen molar-refractivity contribution in [1.29, 1.82) is 0 Å². The lowest BCUT2D eigenvalue weighted by Crippen LogP contribution is -2.28. The highest BCUT2D eigenvalue weighted by molar-refractivity contribution is 6.32. The second kappa shape index (κ2) is 7.64. The Morgan fingerprint density at radius 1 is 1.29 bits per heavy atom. The van der Waals surface area contributed by atoms with Crippen LogP contribution in [0.2, 0.25) is 5.02 Å². The molecule has 0 aliphatic heterocycles. The number of carbonyl (C=O) groups is 1. The van der Waals surface area contributed by atoms with Gasteiger partial charge < -0.3 is 15.8 Å². The van der Waals surface area contributed by atoms with Gasteiger partial charge >= 0.3 is 0 Å². The molecule has 0 bridgehead atoms. The van der Waals surface area contributed by atoms with Crippen molar-refractivity contribution in [1.82, 2.24) is 4.98 Å². The standard InChI is InChI=1S/C18H20ClN3O2/c19-15-11-13(22-18(23)10-12-2-1-3-16(12)20)4-5-17(15)24-14-6-8-21-9-7-14/h4-9,11-12,16H,1-3,10,20H2,(H,22,23)/t12-,16+/m0/s1. The van der Waals surface area contributed by atoms with Crippen LogP contribution in [0.5, 0.6) is 11.5 Å². The largest absolute Gasteiger partial charge is 0.456 e. The highest BCUT2D eigenvalue weighted by Gasteiger charge is 2.26. The Morgan fingerprint density at radius 2 is 2.08 bits per heavy atom. The molecule has 1 amide bonds. The Hall–Kier alpha value is -2.11. The predicted molar refractivity (Wildman–Crippen MR) is 94.3 cm³/mol. The number of halogens is 1. The molecule has 3 N–H and O–H groups in total. The lowest BCUT2D eigenvalue weighted by atomic mass is 10.00. The van der Waals surface area contributed by atoms with Gasteiger partial charge in [-0.25, -0.2) is 0 Å². The van der Waals surface area contributed by atoms with Crippen LogP contribution in [0, 0.1) is 5.92 Å². The first kappa shape index (κ1) is 16.7. The SMILES string of the molecule is N[C@@H]1CCC[C@H]1CC(=O)Nc1ccc(Oc2ccncc2)c(Cl)c1. The second-order valence-electron chi connectivity index (χ2n) is 6.04. The van der Waals surface area contributed by atoms with Crippen LogP contribution >= 0.6 is 11.6 Å². The Bertz CT molecular complexity index is 709. The number of ether oxygens (including phenoxy) is 1. The predicted octanol–water partition coefficient (Wildman–Crippen LogP) is 3.98. The number of hydrogen-bond acceptors (Lipinski definition) is 4. The van der Waals surface area contributed by atoms with Gasteiger partial charge in [-0.15, -0.1) is 0 Å². The molecular weight excluding hydrogens is 326 g/mol. The second-order valence-corrected chi connectivity index (χ2v) is 6.44. The lowest BCUT2D eigenvalue weighted by Gasteiger charge is -2.15. The van der Waals surface area contributed by atoms with Crippen LogP contribution in [0.4, 0.5) is 5.69 Å². The van der Waals surface area contributed by atoms with E-state index in [1.165, 1.54) is 0 Å². The molecule has 0 unspecified atom stereocenters. The van der Waals surface area contributed by atoms with Crippen LogP contribution in [0.3, 0.4) is 0 Å². The van der Waals surface area contributed by atoms with Gasteiger partial charge in [-0.1, -0.05) is 18.0 Å². The summed E-state index contributed by atoms with van der Waals surface area (Å²) in [5.74, 6) is 1.42. The third-order valence-corrected chi connectivity index (χ3v) is 4.55. The maximum absolute atomic E-state index is 12.2. The first-order chi connectivity index (χ1) is 11.6. The highest BCUT2D eigenvalue weighted by atomic mass is 35.5. The zero-order valence-corrected chi connectivity index (χ0v) is 14.0. The number of amides is 1. The van der Waals surface area contributed by atoms with E-state index in [0.717, 1.165) is 19.3 Å². The molecule has 126 valence electrons. The summed E-state index contributed by atoms with van der Waals surface area (Å²) in [6, 6.07) is 8.82. The van der Waals surface area contributed by atoms with E-state index in [1.807, 2.05) is 0 Å². The minimum Gasteiger partial charge on any atom is -0.456 e. The summed E-state index contributed by atoms with van der Waals surface area (Å²) in [6.07, 6.45) is 6.87. The summed E-state index contributed by atoms with van der Waals surface area (Å²) in [7, 11) is 0. The zero-order chi connectivity index (χ0) is 16.9. The Labute approximate surface area is 146 Å². The molecule has 5 nitrogen and oxygen atoms in total. The van der Waals surface area contributed by atoms with Gasteiger partial charge in [0.2, 0.25) is 5.91 Å². The topological polar surface area (TPSA) is 77.2 Å². The smallest absolute Gasteiger partial charge is 0.224 e. The minimum atomic E-state index is -0.0313. The first-order valence-electron chi connectivity index (χ1n) is 8.04. The third kappa shape index (κ3) is 4.24. The van der Waals surface area contributed by atoms with Crippen LogP contribution in [0.25, 0.3) is 0 Å². The minimum absolute atomic E-state index is 0.0313. The highest BCUT2D eigenvalue weighted by Crippen LogP contribution is 2.32. The fraction of sp³-hybridized carbons (Fsp3) is 0.333. The number of hydrogen-bond donors (Lipinski definition) is 2. The third-order valence-electron chi connectivity index (χ3n) is 4.26. The maximum Gasteiger partial charge on any atom is 0.224 e. The average molecular weight is 346 g/mol. The number of rotatable bonds is 5. The van der Waals surface area contributed by atoms with Gasteiger partial charge in [0.15, 0.2) is 0 Å². The molecule has 6 heteroatoms. The molecule has 24 heavy (non-hydrogen) atoms. The van der Waals surface area contributed by atoms with Gasteiger partial charge in [0.1, 0.15) is 11.5 Å². The molecule has 1 aromatic carbocycles. The Balaban J connectivity index is 1.61. The number of nitrogens with one attached hydrogen (secondary N) is 1. The van der Waals surface area contributed by atoms with Crippen LogP contribution in [-0.2, 0) is 4.79 Å². The van der Waals surface area contributed by atoms with Gasteiger partial charge in [0.25, 0.3) is 0 Å². The van der Waals surface area contributed by atoms with E-state index < -0.39 is 0 Å². The molecule has 1 aliphatic rings. The number of nitrogens with two attached hydrogens (primary N) is 1. The number of nitrogens with zero attached hydrogens (tertiary/aromatic N) is 1. The lowest BCUT2D eigenvalue weighted by molar-refractivity contribution is -0.117. The summed E-state index contributed by atoms with van der Waals surface area (Å²) in [5, 5.41) is 3.31. The monoisotopic (exact) mass is 345 g/mol. The van der Waals surface area contributed by atoms with Crippen molar-refractivity contribution < 1.29 is 9.53 Å². The number of anilines is 1. The molecule has 1 saturated carbocycles. The van der Waals surface area contributed by atoms with Gasteiger partial charge in [0, 0.05) is 30.5 Å².